The van der Waals surface area contributed by atoms with Gasteiger partial charge in [-0.15, -0.1) is 0 Å². The van der Waals surface area contributed by atoms with Crippen LogP contribution in [0.15, 0.2) is 0 Å². The molecule has 0 nitrogen and oxygen atoms in total. The highest BCUT2D eigenvalue weighted by molar-refractivity contribution is 5.05. The minimum atomic E-state index is 0.833. The van der Waals surface area contributed by atoms with Gasteiger partial charge in [0.25, 0.3) is 0 Å². The normalized spacial score (nSPS) is 60.8. The summed E-state index contributed by atoms with van der Waals surface area (Å²) in [5.74, 6) is 2.18. The molecule has 3 atom stereocenters. The van der Waals surface area contributed by atoms with E-state index in [-0.39, 0.29) is 0 Å². The molecule has 0 spiro atoms. The Morgan fingerprint density at radius 1 is 1.50 bits per heavy atom. The van der Waals surface area contributed by atoms with E-state index in [9.17, 15) is 0 Å². The van der Waals surface area contributed by atoms with Crippen molar-refractivity contribution >= 4 is 0 Å². The van der Waals surface area contributed by atoms with Crippen molar-refractivity contribution in [1.29, 1.82) is 0 Å². The lowest BCUT2D eigenvalue weighted by molar-refractivity contribution is 0.529. The molecular weight excluding hydrogens is 96.1 g/mol. The predicted molar refractivity (Wildman–Crippen MR) is 34.6 cm³/mol. The molecule has 2 saturated carbocycles. The average Bonchev–Trinajstić information content (AvgIpc) is 2.32. The molecule has 0 bridgehead atoms. The van der Waals surface area contributed by atoms with E-state index in [1.165, 1.54) is 19.3 Å². The fourth-order valence-electron chi connectivity index (χ4n) is 2.38. The van der Waals surface area contributed by atoms with Crippen molar-refractivity contribution in [3.8, 4) is 0 Å². The molecule has 0 heterocycles. The summed E-state index contributed by atoms with van der Waals surface area (Å²) in [6.45, 7) is 4.85. The molecule has 2 fully saturated rings. The van der Waals surface area contributed by atoms with Crippen LogP contribution in [0.4, 0.5) is 0 Å². The lowest BCUT2D eigenvalue weighted by atomic mass is 10.1. The maximum absolute atomic E-state index is 2.45. The molecular formula is C8H14. The minimum Gasteiger partial charge on any atom is -0.0622 e. The van der Waals surface area contributed by atoms with Crippen LogP contribution in [0.2, 0.25) is 0 Å². The second-order valence-corrected chi connectivity index (χ2v) is 3.98. The van der Waals surface area contributed by atoms with Gasteiger partial charge in [0.2, 0.25) is 0 Å². The number of fused-ring (bicyclic) bond motifs is 1. The zero-order chi connectivity index (χ0) is 5.78. The topological polar surface area (TPSA) is 0 Å². The molecule has 0 radical (unpaired) electrons. The van der Waals surface area contributed by atoms with Crippen LogP contribution in [0.1, 0.15) is 33.1 Å². The number of rotatable bonds is 0. The van der Waals surface area contributed by atoms with E-state index in [4.69, 9.17) is 0 Å². The Kier molecular flexibility index (Phi) is 0.678. The zero-order valence-corrected chi connectivity index (χ0v) is 5.78. The van der Waals surface area contributed by atoms with E-state index < -0.39 is 0 Å². The molecule has 0 aliphatic heterocycles. The first kappa shape index (κ1) is 4.84. The van der Waals surface area contributed by atoms with Crippen LogP contribution >= 0.6 is 0 Å². The molecule has 2 aliphatic rings. The Morgan fingerprint density at radius 2 is 2.25 bits per heavy atom. The molecule has 2 aliphatic carbocycles. The standard InChI is InChI=1S/C8H14/c1-6-3-4-8(2)5-7(6)8/h6-7H,3-5H2,1-2H3/t6-,7?,8+/m1/s1. The van der Waals surface area contributed by atoms with E-state index in [0.717, 1.165) is 17.3 Å². The van der Waals surface area contributed by atoms with Gasteiger partial charge in [0.05, 0.1) is 0 Å². The third-order valence-corrected chi connectivity index (χ3v) is 3.28. The summed E-state index contributed by atoms with van der Waals surface area (Å²) in [4.78, 5) is 0. The largest absolute Gasteiger partial charge is 0.0622 e. The molecule has 0 N–H and O–H groups in total. The third kappa shape index (κ3) is 0.416. The second-order valence-electron chi connectivity index (χ2n) is 3.98. The summed E-state index contributed by atoms with van der Waals surface area (Å²) in [7, 11) is 0. The highest BCUT2D eigenvalue weighted by Crippen LogP contribution is 2.65. The van der Waals surface area contributed by atoms with Crippen LogP contribution in [0.5, 0.6) is 0 Å². The molecule has 0 aromatic rings. The van der Waals surface area contributed by atoms with E-state index >= 15 is 0 Å². The summed E-state index contributed by atoms with van der Waals surface area (Å²) in [5.41, 5.74) is 0.833. The zero-order valence-electron chi connectivity index (χ0n) is 5.78. The van der Waals surface area contributed by atoms with Crippen LogP contribution < -0.4 is 0 Å². The molecule has 2 rings (SSSR count). The van der Waals surface area contributed by atoms with Gasteiger partial charge in [-0.25, -0.2) is 0 Å². The van der Waals surface area contributed by atoms with E-state index in [2.05, 4.69) is 13.8 Å². The average molecular weight is 110 g/mol. The molecule has 0 heteroatoms. The molecule has 1 unspecified atom stereocenters. The van der Waals surface area contributed by atoms with Gasteiger partial charge in [0.1, 0.15) is 0 Å². The third-order valence-electron chi connectivity index (χ3n) is 3.28. The van der Waals surface area contributed by atoms with E-state index in [1.54, 1.807) is 0 Å². The fourth-order valence-corrected chi connectivity index (χ4v) is 2.38. The lowest BCUT2D eigenvalue weighted by Gasteiger charge is -1.98. The van der Waals surface area contributed by atoms with E-state index in [0.29, 0.717) is 0 Å². The van der Waals surface area contributed by atoms with Crippen LogP contribution in [-0.4, -0.2) is 0 Å². The lowest BCUT2D eigenvalue weighted by Crippen LogP contribution is -1.89. The Labute approximate surface area is 51.3 Å². The van der Waals surface area contributed by atoms with Crippen LogP contribution in [0.25, 0.3) is 0 Å². The quantitative estimate of drug-likeness (QED) is 0.449. The Hall–Kier alpha value is 0. The van der Waals surface area contributed by atoms with Crippen molar-refractivity contribution in [2.24, 2.45) is 17.3 Å². The maximum Gasteiger partial charge on any atom is -0.0292 e. The molecule has 46 valence electrons. The Balaban J connectivity index is 2.15. The Morgan fingerprint density at radius 3 is 2.38 bits per heavy atom. The molecule has 8 heavy (non-hydrogen) atoms. The summed E-state index contributed by atoms with van der Waals surface area (Å²) >= 11 is 0. The SMILES string of the molecule is C[C@@H]1CC[C@@]2(C)CC12. The van der Waals surface area contributed by atoms with Gasteiger partial charge in [0.15, 0.2) is 0 Å². The van der Waals surface area contributed by atoms with Gasteiger partial charge < -0.3 is 0 Å². The molecule has 0 amide bonds. The summed E-state index contributed by atoms with van der Waals surface area (Å²) in [6, 6.07) is 0. The van der Waals surface area contributed by atoms with Crippen molar-refractivity contribution in [3.05, 3.63) is 0 Å². The van der Waals surface area contributed by atoms with Gasteiger partial charge in [-0.3, -0.25) is 0 Å². The number of hydrogen-bond acceptors (Lipinski definition) is 0. The van der Waals surface area contributed by atoms with Gasteiger partial charge >= 0.3 is 0 Å². The fraction of sp³-hybridized carbons (Fsp3) is 1.00. The monoisotopic (exact) mass is 110 g/mol. The molecule has 0 aromatic heterocycles. The van der Waals surface area contributed by atoms with Crippen LogP contribution in [-0.2, 0) is 0 Å². The second kappa shape index (κ2) is 1.12. The van der Waals surface area contributed by atoms with Gasteiger partial charge in [-0.1, -0.05) is 13.8 Å². The Bertz CT molecular complexity index is 117. The predicted octanol–water partition coefficient (Wildman–Crippen LogP) is 2.44. The van der Waals surface area contributed by atoms with Crippen LogP contribution in [0, 0.1) is 17.3 Å². The highest BCUT2D eigenvalue weighted by Gasteiger charge is 2.56. The number of hydrogen-bond donors (Lipinski definition) is 0. The summed E-state index contributed by atoms with van der Waals surface area (Å²) in [6.07, 6.45) is 4.55. The van der Waals surface area contributed by atoms with Crippen molar-refractivity contribution in [3.63, 3.8) is 0 Å². The highest BCUT2D eigenvalue weighted by atomic mass is 14.6. The van der Waals surface area contributed by atoms with Gasteiger partial charge in [-0.2, -0.15) is 0 Å². The minimum absolute atomic E-state index is 0.833. The summed E-state index contributed by atoms with van der Waals surface area (Å²) < 4.78 is 0. The van der Waals surface area contributed by atoms with Gasteiger partial charge in [0, 0.05) is 0 Å². The van der Waals surface area contributed by atoms with Crippen molar-refractivity contribution < 1.29 is 0 Å². The first-order valence-electron chi connectivity index (χ1n) is 3.72. The first-order chi connectivity index (χ1) is 3.72. The smallest absolute Gasteiger partial charge is 0.0292 e. The van der Waals surface area contributed by atoms with Crippen molar-refractivity contribution in [2.45, 2.75) is 33.1 Å². The molecule has 0 saturated heterocycles. The maximum atomic E-state index is 2.45. The van der Waals surface area contributed by atoms with Crippen LogP contribution in [0.3, 0.4) is 0 Å². The van der Waals surface area contributed by atoms with Gasteiger partial charge in [-0.05, 0) is 36.5 Å². The van der Waals surface area contributed by atoms with Crippen molar-refractivity contribution in [1.82, 2.24) is 0 Å². The van der Waals surface area contributed by atoms with Crippen molar-refractivity contribution in [2.75, 3.05) is 0 Å². The molecule has 0 aromatic carbocycles. The summed E-state index contributed by atoms with van der Waals surface area (Å²) in [5, 5.41) is 0. The van der Waals surface area contributed by atoms with E-state index in [1.807, 2.05) is 0 Å². The first-order valence-corrected chi connectivity index (χ1v) is 3.72.